The first-order chi connectivity index (χ1) is 9.17. The maximum absolute atomic E-state index is 12.0. The van der Waals surface area contributed by atoms with E-state index in [1.165, 1.54) is 12.8 Å². The van der Waals surface area contributed by atoms with Crippen molar-refractivity contribution in [1.29, 1.82) is 0 Å². The summed E-state index contributed by atoms with van der Waals surface area (Å²) < 4.78 is 0. The maximum atomic E-state index is 12.0. The molecule has 118 valence electrons. The van der Waals surface area contributed by atoms with Crippen LogP contribution in [0.1, 0.15) is 32.1 Å². The van der Waals surface area contributed by atoms with E-state index < -0.39 is 5.54 Å². The molecule has 0 aromatic carbocycles. The van der Waals surface area contributed by atoms with Gasteiger partial charge in [0.05, 0.1) is 17.4 Å². The predicted octanol–water partition coefficient (Wildman–Crippen LogP) is 2.35. The molecule has 0 spiro atoms. The summed E-state index contributed by atoms with van der Waals surface area (Å²) in [5.41, 5.74) is 6.05. The van der Waals surface area contributed by atoms with Gasteiger partial charge in [-0.1, -0.05) is 0 Å². The lowest BCUT2D eigenvalue weighted by atomic mass is 9.77. The summed E-state index contributed by atoms with van der Waals surface area (Å²) in [7, 11) is 0. The van der Waals surface area contributed by atoms with E-state index in [4.69, 9.17) is 5.73 Å². The fraction of sp³-hybridized carbons (Fsp3) is 0.571. The maximum Gasteiger partial charge on any atom is 0.244 e. The number of carbonyl (C=O) groups is 1. The number of anilines is 2. The van der Waals surface area contributed by atoms with Crippen LogP contribution in [0.2, 0.25) is 0 Å². The number of rotatable bonds is 3. The van der Waals surface area contributed by atoms with Gasteiger partial charge in [0.1, 0.15) is 5.82 Å². The van der Waals surface area contributed by atoms with Gasteiger partial charge in [-0.05, 0) is 44.2 Å². The van der Waals surface area contributed by atoms with Crippen molar-refractivity contribution in [3.63, 3.8) is 0 Å². The van der Waals surface area contributed by atoms with E-state index in [-0.39, 0.29) is 30.7 Å². The van der Waals surface area contributed by atoms with Crippen molar-refractivity contribution in [1.82, 2.24) is 4.98 Å². The minimum absolute atomic E-state index is 0. The van der Waals surface area contributed by atoms with Gasteiger partial charge in [-0.25, -0.2) is 4.98 Å². The van der Waals surface area contributed by atoms with Crippen LogP contribution in [0.3, 0.4) is 0 Å². The molecule has 0 radical (unpaired) electrons. The summed E-state index contributed by atoms with van der Waals surface area (Å²) in [5, 5.41) is 2.86. The quantitative estimate of drug-likeness (QED) is 0.891. The van der Waals surface area contributed by atoms with Gasteiger partial charge in [0, 0.05) is 13.1 Å². The molecule has 1 aliphatic heterocycles. The summed E-state index contributed by atoms with van der Waals surface area (Å²) in [6.45, 7) is 2.15. The molecule has 1 aromatic rings. The molecule has 21 heavy (non-hydrogen) atoms. The van der Waals surface area contributed by atoms with Crippen LogP contribution in [0.25, 0.3) is 0 Å². The van der Waals surface area contributed by atoms with E-state index in [9.17, 15) is 4.79 Å². The zero-order valence-corrected chi connectivity index (χ0v) is 13.5. The van der Waals surface area contributed by atoms with Crippen molar-refractivity contribution in [2.24, 2.45) is 5.73 Å². The highest BCUT2D eigenvalue weighted by atomic mass is 35.5. The normalized spacial score (nSPS) is 19.0. The predicted molar refractivity (Wildman–Crippen MR) is 89.6 cm³/mol. The van der Waals surface area contributed by atoms with Crippen molar-refractivity contribution < 1.29 is 4.79 Å². The molecule has 5 nitrogen and oxygen atoms in total. The Morgan fingerprint density at radius 1 is 1.19 bits per heavy atom. The van der Waals surface area contributed by atoms with Crippen molar-refractivity contribution in [3.05, 3.63) is 18.3 Å². The first kappa shape index (κ1) is 18.0. The van der Waals surface area contributed by atoms with Crippen LogP contribution in [-0.4, -0.2) is 29.5 Å². The van der Waals surface area contributed by atoms with Crippen molar-refractivity contribution in [2.75, 3.05) is 23.3 Å². The summed E-state index contributed by atoms with van der Waals surface area (Å²) in [5.74, 6) is 0.899. The summed E-state index contributed by atoms with van der Waals surface area (Å²) in [6.07, 6.45) is 6.77. The number of nitrogens with zero attached hydrogens (tertiary/aromatic N) is 2. The Morgan fingerprint density at radius 3 is 2.33 bits per heavy atom. The number of amides is 1. The van der Waals surface area contributed by atoms with Gasteiger partial charge in [0.15, 0.2) is 0 Å². The Morgan fingerprint density at radius 2 is 1.86 bits per heavy atom. The molecule has 1 amide bonds. The Balaban J connectivity index is 0.00000110. The molecule has 0 atom stereocenters. The van der Waals surface area contributed by atoms with Gasteiger partial charge < -0.3 is 16.0 Å². The van der Waals surface area contributed by atoms with E-state index in [0.717, 1.165) is 43.9 Å². The minimum atomic E-state index is -0.659. The highest BCUT2D eigenvalue weighted by Gasteiger charge is 2.40. The number of halogens is 2. The van der Waals surface area contributed by atoms with E-state index in [1.54, 1.807) is 6.20 Å². The molecule has 1 saturated heterocycles. The minimum Gasteiger partial charge on any atom is -0.357 e. The Kier molecular flexibility index (Phi) is 6.25. The molecule has 7 heteroatoms. The number of hydrogen-bond donors (Lipinski definition) is 2. The number of pyridine rings is 1. The SMILES string of the molecule is Cl.Cl.NC1(C(=O)Nc2ccc(N3CCCC3)nc2)CCC1. The van der Waals surface area contributed by atoms with E-state index in [1.807, 2.05) is 12.1 Å². The molecule has 1 aromatic heterocycles. The fourth-order valence-corrected chi connectivity index (χ4v) is 2.63. The lowest BCUT2D eigenvalue weighted by Crippen LogP contribution is -2.56. The number of hydrogen-bond acceptors (Lipinski definition) is 4. The second-order valence-corrected chi connectivity index (χ2v) is 5.56. The van der Waals surface area contributed by atoms with Gasteiger partial charge in [-0.2, -0.15) is 0 Å². The molecular weight excluding hydrogens is 311 g/mol. The topological polar surface area (TPSA) is 71.2 Å². The van der Waals surface area contributed by atoms with Crippen molar-refractivity contribution >= 4 is 42.2 Å². The second-order valence-electron chi connectivity index (χ2n) is 5.56. The van der Waals surface area contributed by atoms with Crippen LogP contribution in [0, 0.1) is 0 Å². The van der Waals surface area contributed by atoms with Crippen LogP contribution in [0.15, 0.2) is 18.3 Å². The molecule has 1 aliphatic carbocycles. The van der Waals surface area contributed by atoms with Crippen LogP contribution in [0.4, 0.5) is 11.5 Å². The summed E-state index contributed by atoms with van der Waals surface area (Å²) in [4.78, 5) is 18.7. The van der Waals surface area contributed by atoms with Gasteiger partial charge in [-0.15, -0.1) is 24.8 Å². The van der Waals surface area contributed by atoms with Gasteiger partial charge in [-0.3, -0.25) is 4.79 Å². The second kappa shape index (κ2) is 7.29. The highest BCUT2D eigenvalue weighted by molar-refractivity contribution is 5.98. The summed E-state index contributed by atoms with van der Waals surface area (Å²) in [6, 6.07) is 3.87. The molecule has 0 bridgehead atoms. The van der Waals surface area contributed by atoms with Crippen LogP contribution >= 0.6 is 24.8 Å². The third-order valence-corrected chi connectivity index (χ3v) is 4.13. The first-order valence-corrected chi connectivity index (χ1v) is 6.99. The molecule has 2 aliphatic rings. The highest BCUT2D eigenvalue weighted by Crippen LogP contribution is 2.30. The smallest absolute Gasteiger partial charge is 0.244 e. The van der Waals surface area contributed by atoms with E-state index in [0.29, 0.717) is 0 Å². The Hall–Kier alpha value is -1.04. The third-order valence-electron chi connectivity index (χ3n) is 4.13. The number of nitrogens with one attached hydrogen (secondary N) is 1. The molecule has 1 saturated carbocycles. The zero-order valence-electron chi connectivity index (χ0n) is 11.9. The Labute approximate surface area is 137 Å². The van der Waals surface area contributed by atoms with E-state index in [2.05, 4.69) is 15.2 Å². The average molecular weight is 333 g/mol. The monoisotopic (exact) mass is 332 g/mol. The standard InChI is InChI=1S/C14H20N4O.2ClH/c15-14(6-3-7-14)13(19)17-11-4-5-12(16-10-11)18-8-1-2-9-18;;/h4-5,10H,1-3,6-9,15H2,(H,17,19);2*1H. The van der Waals surface area contributed by atoms with Crippen molar-refractivity contribution in [2.45, 2.75) is 37.6 Å². The number of aromatic nitrogens is 1. The molecule has 2 fully saturated rings. The number of carbonyl (C=O) groups excluding carboxylic acids is 1. The largest absolute Gasteiger partial charge is 0.357 e. The van der Waals surface area contributed by atoms with Crippen LogP contribution in [0.5, 0.6) is 0 Å². The molecular formula is C14H22Cl2N4O. The average Bonchev–Trinajstić information content (AvgIpc) is 2.90. The van der Waals surface area contributed by atoms with Gasteiger partial charge >= 0.3 is 0 Å². The first-order valence-electron chi connectivity index (χ1n) is 6.99. The summed E-state index contributed by atoms with van der Waals surface area (Å²) >= 11 is 0. The fourth-order valence-electron chi connectivity index (χ4n) is 2.63. The lowest BCUT2D eigenvalue weighted by Gasteiger charge is -2.36. The van der Waals surface area contributed by atoms with Crippen LogP contribution < -0.4 is 16.0 Å². The van der Waals surface area contributed by atoms with E-state index >= 15 is 0 Å². The molecule has 2 heterocycles. The third kappa shape index (κ3) is 3.78. The van der Waals surface area contributed by atoms with Gasteiger partial charge in [0.2, 0.25) is 5.91 Å². The molecule has 3 rings (SSSR count). The Bertz CT molecular complexity index is 470. The molecule has 3 N–H and O–H groups in total. The van der Waals surface area contributed by atoms with Crippen LogP contribution in [-0.2, 0) is 4.79 Å². The zero-order chi connectivity index (χ0) is 13.3. The van der Waals surface area contributed by atoms with Gasteiger partial charge in [0.25, 0.3) is 0 Å². The molecule has 0 unspecified atom stereocenters. The number of nitrogens with two attached hydrogens (primary N) is 1. The van der Waals surface area contributed by atoms with Crippen molar-refractivity contribution in [3.8, 4) is 0 Å². The lowest BCUT2D eigenvalue weighted by molar-refractivity contribution is -0.123.